The minimum Gasteiger partial charge on any atom is -0.317 e. The SMILES string of the molecule is CCCCCCCCCCCCCCCCCCSC(=O)Nc1cccc(C)c1C. The molecule has 0 saturated heterocycles. The quantitative estimate of drug-likeness (QED) is 0.233. The summed E-state index contributed by atoms with van der Waals surface area (Å²) >= 11 is 1.42. The maximum absolute atomic E-state index is 12.1. The Labute approximate surface area is 191 Å². The van der Waals surface area contributed by atoms with Crippen LogP contribution in [0.1, 0.15) is 121 Å². The van der Waals surface area contributed by atoms with Crippen LogP contribution in [0, 0.1) is 13.8 Å². The molecule has 0 aliphatic heterocycles. The fourth-order valence-corrected chi connectivity index (χ4v) is 4.56. The van der Waals surface area contributed by atoms with Gasteiger partial charge in [0.2, 0.25) is 0 Å². The van der Waals surface area contributed by atoms with E-state index in [4.69, 9.17) is 0 Å². The van der Waals surface area contributed by atoms with Crippen LogP contribution in [0.25, 0.3) is 0 Å². The third kappa shape index (κ3) is 14.1. The summed E-state index contributed by atoms with van der Waals surface area (Å²) < 4.78 is 0. The zero-order valence-corrected chi connectivity index (χ0v) is 20.9. The van der Waals surface area contributed by atoms with Gasteiger partial charge in [0.05, 0.1) is 0 Å². The first-order chi connectivity index (χ1) is 14.6. The third-order valence-corrected chi connectivity index (χ3v) is 6.93. The van der Waals surface area contributed by atoms with Crippen LogP contribution < -0.4 is 5.32 Å². The first-order valence-corrected chi connectivity index (χ1v) is 13.6. The first-order valence-electron chi connectivity index (χ1n) is 12.6. The van der Waals surface area contributed by atoms with Crippen molar-refractivity contribution in [2.24, 2.45) is 0 Å². The van der Waals surface area contributed by atoms with Crippen LogP contribution in [-0.2, 0) is 0 Å². The number of nitrogens with one attached hydrogen (secondary N) is 1. The molecule has 1 N–H and O–H groups in total. The van der Waals surface area contributed by atoms with Crippen molar-refractivity contribution in [3.05, 3.63) is 29.3 Å². The normalized spacial score (nSPS) is 11.0. The Morgan fingerprint density at radius 2 is 1.20 bits per heavy atom. The van der Waals surface area contributed by atoms with E-state index >= 15 is 0 Å². The van der Waals surface area contributed by atoms with Crippen molar-refractivity contribution in [2.45, 2.75) is 124 Å². The van der Waals surface area contributed by atoms with Crippen LogP contribution in [0.15, 0.2) is 18.2 Å². The van der Waals surface area contributed by atoms with Crippen molar-refractivity contribution in [3.63, 3.8) is 0 Å². The minimum absolute atomic E-state index is 0.0738. The fraction of sp³-hybridized carbons (Fsp3) is 0.741. The van der Waals surface area contributed by atoms with E-state index in [9.17, 15) is 4.79 Å². The van der Waals surface area contributed by atoms with Gasteiger partial charge < -0.3 is 5.32 Å². The van der Waals surface area contributed by atoms with Gasteiger partial charge in [-0.2, -0.15) is 0 Å². The molecular formula is C27H47NOS. The van der Waals surface area contributed by atoms with Gasteiger partial charge in [0.1, 0.15) is 0 Å². The third-order valence-electron chi connectivity index (χ3n) is 6.07. The van der Waals surface area contributed by atoms with Gasteiger partial charge in [-0.05, 0) is 37.5 Å². The van der Waals surface area contributed by atoms with E-state index in [-0.39, 0.29) is 5.24 Å². The number of carbonyl (C=O) groups is 1. The van der Waals surface area contributed by atoms with Gasteiger partial charge >= 0.3 is 0 Å². The number of benzene rings is 1. The molecule has 2 nitrogen and oxygen atoms in total. The topological polar surface area (TPSA) is 29.1 Å². The molecule has 1 aromatic carbocycles. The Balaban J connectivity index is 1.83. The Bertz CT molecular complexity index is 558. The molecule has 172 valence electrons. The lowest BCUT2D eigenvalue weighted by atomic mass is 10.0. The molecule has 1 aromatic rings. The molecule has 0 radical (unpaired) electrons. The zero-order chi connectivity index (χ0) is 21.9. The molecule has 0 spiro atoms. The van der Waals surface area contributed by atoms with Crippen molar-refractivity contribution in [1.29, 1.82) is 0 Å². The van der Waals surface area contributed by atoms with Crippen molar-refractivity contribution in [1.82, 2.24) is 0 Å². The lowest BCUT2D eigenvalue weighted by Crippen LogP contribution is -2.07. The number of thioether (sulfide) groups is 1. The Morgan fingerprint density at radius 1 is 0.733 bits per heavy atom. The summed E-state index contributed by atoms with van der Waals surface area (Å²) in [6, 6.07) is 6.06. The zero-order valence-electron chi connectivity index (χ0n) is 20.1. The van der Waals surface area contributed by atoms with Gasteiger partial charge in [-0.25, -0.2) is 0 Å². The van der Waals surface area contributed by atoms with Gasteiger partial charge in [0.15, 0.2) is 0 Å². The number of hydrogen-bond acceptors (Lipinski definition) is 2. The average Bonchev–Trinajstić information content (AvgIpc) is 2.73. The van der Waals surface area contributed by atoms with E-state index in [0.29, 0.717) is 0 Å². The van der Waals surface area contributed by atoms with Crippen LogP contribution in [0.3, 0.4) is 0 Å². The van der Waals surface area contributed by atoms with E-state index in [2.05, 4.69) is 32.2 Å². The highest BCUT2D eigenvalue weighted by Gasteiger charge is 2.06. The number of amides is 1. The van der Waals surface area contributed by atoms with E-state index in [1.54, 1.807) is 0 Å². The van der Waals surface area contributed by atoms with Crippen LogP contribution in [0.4, 0.5) is 10.5 Å². The van der Waals surface area contributed by atoms with Crippen LogP contribution in [0.5, 0.6) is 0 Å². The molecule has 0 unspecified atom stereocenters. The number of hydrogen-bond donors (Lipinski definition) is 1. The molecule has 0 aliphatic rings. The Kier molecular flexibility index (Phi) is 16.9. The van der Waals surface area contributed by atoms with E-state index < -0.39 is 0 Å². The lowest BCUT2D eigenvalue weighted by molar-refractivity contribution is 0.269. The molecule has 0 saturated carbocycles. The van der Waals surface area contributed by atoms with Crippen molar-refractivity contribution in [2.75, 3.05) is 11.1 Å². The highest BCUT2D eigenvalue weighted by molar-refractivity contribution is 8.13. The molecule has 1 amide bonds. The van der Waals surface area contributed by atoms with Crippen molar-refractivity contribution in [3.8, 4) is 0 Å². The second-order valence-corrected chi connectivity index (χ2v) is 9.88. The smallest absolute Gasteiger partial charge is 0.283 e. The van der Waals surface area contributed by atoms with E-state index in [1.165, 1.54) is 114 Å². The number of carbonyl (C=O) groups excluding carboxylic acids is 1. The van der Waals surface area contributed by atoms with Gasteiger partial charge in [0, 0.05) is 11.4 Å². The molecule has 0 fully saturated rings. The summed E-state index contributed by atoms with van der Waals surface area (Å²) in [6.45, 7) is 6.42. The Morgan fingerprint density at radius 3 is 1.70 bits per heavy atom. The second-order valence-electron chi connectivity index (χ2n) is 8.81. The average molecular weight is 434 g/mol. The molecule has 0 aromatic heterocycles. The summed E-state index contributed by atoms with van der Waals surface area (Å²) in [6.07, 6.45) is 22.2. The van der Waals surface area contributed by atoms with Gasteiger partial charge in [-0.1, -0.05) is 127 Å². The Hall–Kier alpha value is -0.960. The molecule has 0 heterocycles. The molecule has 30 heavy (non-hydrogen) atoms. The van der Waals surface area contributed by atoms with Gasteiger partial charge in [0.25, 0.3) is 5.24 Å². The summed E-state index contributed by atoms with van der Waals surface area (Å²) in [5.41, 5.74) is 3.32. The van der Waals surface area contributed by atoms with Crippen LogP contribution in [0.2, 0.25) is 0 Å². The predicted molar refractivity (Wildman–Crippen MR) is 137 cm³/mol. The molecule has 0 aliphatic carbocycles. The minimum atomic E-state index is 0.0738. The largest absolute Gasteiger partial charge is 0.317 e. The van der Waals surface area contributed by atoms with Gasteiger partial charge in [-0.3, -0.25) is 4.79 Å². The highest BCUT2D eigenvalue weighted by Crippen LogP contribution is 2.20. The molecule has 1 rings (SSSR count). The highest BCUT2D eigenvalue weighted by atomic mass is 32.2. The lowest BCUT2D eigenvalue weighted by Gasteiger charge is -2.09. The van der Waals surface area contributed by atoms with Crippen LogP contribution >= 0.6 is 11.8 Å². The van der Waals surface area contributed by atoms with E-state index in [0.717, 1.165) is 23.4 Å². The van der Waals surface area contributed by atoms with Gasteiger partial charge in [-0.15, -0.1) is 0 Å². The van der Waals surface area contributed by atoms with Crippen molar-refractivity contribution >= 4 is 22.7 Å². The summed E-state index contributed by atoms with van der Waals surface area (Å²) in [7, 11) is 0. The second kappa shape index (κ2) is 18.8. The maximum atomic E-state index is 12.1. The molecule has 0 bridgehead atoms. The number of rotatable bonds is 18. The molecule has 3 heteroatoms. The van der Waals surface area contributed by atoms with E-state index in [1.807, 2.05) is 12.1 Å². The number of anilines is 1. The fourth-order valence-electron chi connectivity index (χ4n) is 3.85. The van der Waals surface area contributed by atoms with Crippen LogP contribution in [-0.4, -0.2) is 11.0 Å². The standard InChI is InChI=1S/C27H47NOS/c1-4-5-6-7-8-9-10-11-12-13-14-15-16-17-18-19-23-30-27(29)28-26-22-20-21-24(2)25(26)3/h20-22H,4-19,23H2,1-3H3,(H,28,29). The van der Waals surface area contributed by atoms with Crippen molar-refractivity contribution < 1.29 is 4.79 Å². The number of aryl methyl sites for hydroxylation is 1. The summed E-state index contributed by atoms with van der Waals surface area (Å²) in [5, 5.41) is 3.10. The molecule has 0 atom stereocenters. The summed E-state index contributed by atoms with van der Waals surface area (Å²) in [4.78, 5) is 12.1. The first kappa shape index (κ1) is 27.1. The monoisotopic (exact) mass is 433 g/mol. The molecular weight excluding hydrogens is 386 g/mol. The maximum Gasteiger partial charge on any atom is 0.283 e. The predicted octanol–water partition coefficient (Wildman–Crippen LogP) is 9.83. The number of unbranched alkanes of at least 4 members (excludes halogenated alkanes) is 15. The summed E-state index contributed by atoms with van der Waals surface area (Å²) in [5.74, 6) is 0.926.